The van der Waals surface area contributed by atoms with Gasteiger partial charge in [0.2, 0.25) is 5.91 Å². The largest absolute Gasteiger partial charge is 0.353 e. The van der Waals surface area contributed by atoms with Crippen LogP contribution in [0.4, 0.5) is 0 Å². The molecule has 1 aliphatic carbocycles. The summed E-state index contributed by atoms with van der Waals surface area (Å²) >= 11 is 1.82. The zero-order valence-corrected chi connectivity index (χ0v) is 17.8. The molecule has 28 heavy (non-hydrogen) atoms. The number of amides is 1. The van der Waals surface area contributed by atoms with Crippen molar-refractivity contribution in [3.63, 3.8) is 0 Å². The maximum atomic E-state index is 12.0. The lowest BCUT2D eigenvalue weighted by Crippen LogP contribution is -2.46. The first-order valence-corrected chi connectivity index (χ1v) is 10.8. The van der Waals surface area contributed by atoms with Crippen LogP contribution in [-0.2, 0) is 30.6 Å². The van der Waals surface area contributed by atoms with Crippen LogP contribution in [0.25, 0.3) is 0 Å². The molecule has 2 aromatic rings. The van der Waals surface area contributed by atoms with Crippen LogP contribution in [0.1, 0.15) is 34.2 Å². The highest BCUT2D eigenvalue weighted by Crippen LogP contribution is 2.21. The fourth-order valence-electron chi connectivity index (χ4n) is 3.33. The van der Waals surface area contributed by atoms with E-state index >= 15 is 0 Å². The second-order valence-electron chi connectivity index (χ2n) is 7.38. The summed E-state index contributed by atoms with van der Waals surface area (Å²) in [4.78, 5) is 20.8. The van der Waals surface area contributed by atoms with E-state index in [2.05, 4.69) is 58.9 Å². The first-order valence-electron chi connectivity index (χ1n) is 9.94. The Morgan fingerprint density at radius 2 is 1.93 bits per heavy atom. The number of aryl methyl sites for hydroxylation is 2. The minimum Gasteiger partial charge on any atom is -0.353 e. The third-order valence-corrected chi connectivity index (χ3v) is 6.28. The Kier molecular flexibility index (Phi) is 7.09. The van der Waals surface area contributed by atoms with Crippen LogP contribution in [0, 0.1) is 0 Å². The van der Waals surface area contributed by atoms with E-state index in [9.17, 15) is 4.79 Å². The molecule has 0 spiro atoms. The molecule has 1 aromatic heterocycles. The van der Waals surface area contributed by atoms with Crippen LogP contribution in [0.5, 0.6) is 0 Å². The number of hydrogen-bond acceptors (Lipinski definition) is 3. The monoisotopic (exact) mass is 398 g/mol. The summed E-state index contributed by atoms with van der Waals surface area (Å²) in [6.07, 6.45) is 4.18. The SMILES string of the molecule is CCc1ccc(CNC(=NCC(=O)N(C)C)NC2CCc3ccccc3C2)s1. The Bertz CT molecular complexity index is 827. The van der Waals surface area contributed by atoms with Gasteiger partial charge in [-0.2, -0.15) is 0 Å². The number of nitrogens with one attached hydrogen (secondary N) is 2. The van der Waals surface area contributed by atoms with E-state index in [1.807, 2.05) is 11.3 Å². The van der Waals surface area contributed by atoms with Gasteiger partial charge in [0.25, 0.3) is 0 Å². The fraction of sp³-hybridized carbons (Fsp3) is 0.455. The molecular formula is C22H30N4OS. The first kappa shape index (κ1) is 20.4. The number of benzene rings is 1. The highest BCUT2D eigenvalue weighted by molar-refractivity contribution is 7.11. The van der Waals surface area contributed by atoms with Crippen molar-refractivity contribution in [2.45, 2.75) is 45.2 Å². The maximum Gasteiger partial charge on any atom is 0.243 e. The van der Waals surface area contributed by atoms with E-state index < -0.39 is 0 Å². The van der Waals surface area contributed by atoms with Crippen LogP contribution in [0.15, 0.2) is 41.4 Å². The first-order chi connectivity index (χ1) is 13.5. The second kappa shape index (κ2) is 9.73. The van der Waals surface area contributed by atoms with Gasteiger partial charge in [-0.05, 0) is 48.9 Å². The number of likely N-dealkylation sites (N-methyl/N-ethyl adjacent to an activating group) is 1. The van der Waals surface area contributed by atoms with Crippen molar-refractivity contribution >= 4 is 23.2 Å². The highest BCUT2D eigenvalue weighted by Gasteiger charge is 2.19. The van der Waals surface area contributed by atoms with Gasteiger partial charge in [0, 0.05) is 29.9 Å². The maximum absolute atomic E-state index is 12.0. The predicted octanol–water partition coefficient (Wildman–Crippen LogP) is 2.99. The number of nitrogens with zero attached hydrogens (tertiary/aromatic N) is 2. The Hall–Kier alpha value is -2.34. The van der Waals surface area contributed by atoms with Crippen molar-refractivity contribution in [1.82, 2.24) is 15.5 Å². The van der Waals surface area contributed by atoms with Crippen LogP contribution >= 0.6 is 11.3 Å². The summed E-state index contributed by atoms with van der Waals surface area (Å²) in [6, 6.07) is 13.3. The van der Waals surface area contributed by atoms with Crippen molar-refractivity contribution in [2.24, 2.45) is 4.99 Å². The number of guanidine groups is 1. The number of carbonyl (C=O) groups is 1. The molecule has 2 N–H and O–H groups in total. The number of fused-ring (bicyclic) bond motifs is 1. The topological polar surface area (TPSA) is 56.7 Å². The van der Waals surface area contributed by atoms with Crippen molar-refractivity contribution in [3.05, 3.63) is 57.3 Å². The average molecular weight is 399 g/mol. The number of thiophene rings is 1. The summed E-state index contributed by atoms with van der Waals surface area (Å²) in [5, 5.41) is 6.97. The Labute approximate surface area is 171 Å². The highest BCUT2D eigenvalue weighted by atomic mass is 32.1. The van der Waals surface area contributed by atoms with Gasteiger partial charge >= 0.3 is 0 Å². The van der Waals surface area contributed by atoms with Gasteiger partial charge in [-0.3, -0.25) is 4.79 Å². The third-order valence-electron chi connectivity index (χ3n) is 5.05. The average Bonchev–Trinajstić information content (AvgIpc) is 3.17. The number of rotatable bonds is 6. The van der Waals surface area contributed by atoms with Crippen molar-refractivity contribution < 1.29 is 4.79 Å². The van der Waals surface area contributed by atoms with Crippen molar-refractivity contribution in [1.29, 1.82) is 0 Å². The number of carbonyl (C=O) groups excluding carboxylic acids is 1. The molecule has 6 heteroatoms. The Morgan fingerprint density at radius 3 is 2.64 bits per heavy atom. The summed E-state index contributed by atoms with van der Waals surface area (Å²) in [5.41, 5.74) is 2.85. The smallest absolute Gasteiger partial charge is 0.243 e. The van der Waals surface area contributed by atoms with Crippen LogP contribution in [-0.4, -0.2) is 43.4 Å². The van der Waals surface area contributed by atoms with Gasteiger partial charge in [0.15, 0.2) is 5.96 Å². The van der Waals surface area contributed by atoms with Crippen molar-refractivity contribution in [2.75, 3.05) is 20.6 Å². The van der Waals surface area contributed by atoms with Gasteiger partial charge in [0.1, 0.15) is 6.54 Å². The second-order valence-corrected chi connectivity index (χ2v) is 8.63. The van der Waals surface area contributed by atoms with E-state index in [1.54, 1.807) is 19.0 Å². The lowest BCUT2D eigenvalue weighted by molar-refractivity contribution is -0.127. The van der Waals surface area contributed by atoms with Gasteiger partial charge in [0.05, 0.1) is 6.54 Å². The molecule has 1 aliphatic rings. The normalized spacial score (nSPS) is 16.4. The van der Waals surface area contributed by atoms with Gasteiger partial charge in [-0.15, -0.1) is 11.3 Å². The Morgan fingerprint density at radius 1 is 1.18 bits per heavy atom. The lowest BCUT2D eigenvalue weighted by Gasteiger charge is -2.27. The van der Waals surface area contributed by atoms with Crippen molar-refractivity contribution in [3.8, 4) is 0 Å². The lowest BCUT2D eigenvalue weighted by atomic mass is 9.88. The van der Waals surface area contributed by atoms with Crippen LogP contribution in [0.2, 0.25) is 0 Å². The molecule has 3 rings (SSSR count). The molecule has 0 saturated carbocycles. The van der Waals surface area contributed by atoms with E-state index in [0.717, 1.165) is 32.2 Å². The molecule has 150 valence electrons. The summed E-state index contributed by atoms with van der Waals surface area (Å²) in [7, 11) is 3.52. The zero-order valence-electron chi connectivity index (χ0n) is 17.0. The minimum absolute atomic E-state index is 0.000479. The van der Waals surface area contributed by atoms with E-state index in [4.69, 9.17) is 0 Å². The molecule has 5 nitrogen and oxygen atoms in total. The predicted molar refractivity (Wildman–Crippen MR) is 117 cm³/mol. The van der Waals surface area contributed by atoms with E-state index in [1.165, 1.54) is 20.9 Å². The molecule has 0 bridgehead atoms. The van der Waals surface area contributed by atoms with Gasteiger partial charge in [-0.1, -0.05) is 31.2 Å². The molecule has 1 atom stereocenters. The standard InChI is InChI=1S/C22H30N4OS/c1-4-19-11-12-20(28-19)14-23-22(24-15-21(27)26(2)3)25-18-10-9-16-7-5-6-8-17(16)13-18/h5-8,11-12,18H,4,9-10,13-15H2,1-3H3,(H2,23,24,25). The van der Waals surface area contributed by atoms with E-state index in [-0.39, 0.29) is 12.5 Å². The molecular weight excluding hydrogens is 368 g/mol. The molecule has 0 aliphatic heterocycles. The molecule has 0 fully saturated rings. The Balaban J connectivity index is 1.65. The van der Waals surface area contributed by atoms with E-state index in [0.29, 0.717) is 12.0 Å². The number of aliphatic imine (C=N–C) groups is 1. The molecule has 1 unspecified atom stereocenters. The summed E-state index contributed by atoms with van der Waals surface area (Å²) < 4.78 is 0. The quantitative estimate of drug-likeness (QED) is 0.581. The van der Waals surface area contributed by atoms with Crippen LogP contribution in [0.3, 0.4) is 0 Å². The minimum atomic E-state index is -0.000479. The summed E-state index contributed by atoms with van der Waals surface area (Å²) in [6.45, 7) is 3.04. The summed E-state index contributed by atoms with van der Waals surface area (Å²) in [5.74, 6) is 0.713. The van der Waals surface area contributed by atoms with Gasteiger partial charge in [-0.25, -0.2) is 4.99 Å². The number of hydrogen-bond donors (Lipinski definition) is 2. The molecule has 0 saturated heterocycles. The molecule has 0 radical (unpaired) electrons. The fourth-order valence-corrected chi connectivity index (χ4v) is 4.23. The van der Waals surface area contributed by atoms with Gasteiger partial charge < -0.3 is 15.5 Å². The van der Waals surface area contributed by atoms with Crippen LogP contribution < -0.4 is 10.6 Å². The third kappa shape index (κ3) is 5.58. The molecule has 1 heterocycles. The molecule has 1 amide bonds. The zero-order chi connectivity index (χ0) is 19.9. The molecule has 1 aromatic carbocycles.